The first-order valence-corrected chi connectivity index (χ1v) is 3.39. The SMILES string of the molecule is O=S(=O)([O-])[n+]1ccco1. The molecule has 0 N–H and O–H groups in total. The lowest BCUT2D eigenvalue weighted by molar-refractivity contribution is -0.720. The Bertz CT molecular complexity index is 273. The first-order chi connectivity index (χ1) is 4.11. The number of aromatic nitrogens is 1. The second-order valence-corrected chi connectivity index (χ2v) is 2.51. The van der Waals surface area contributed by atoms with Gasteiger partial charge in [0, 0.05) is 0 Å². The third-order valence-corrected chi connectivity index (χ3v) is 1.32. The van der Waals surface area contributed by atoms with Crippen molar-refractivity contribution in [3.8, 4) is 0 Å². The lowest BCUT2D eigenvalue weighted by Gasteiger charge is -1.89. The van der Waals surface area contributed by atoms with Crippen molar-refractivity contribution in [3.05, 3.63) is 18.5 Å². The molecule has 0 bridgehead atoms. The first-order valence-electron chi connectivity index (χ1n) is 2.03. The highest BCUT2D eigenvalue weighted by molar-refractivity contribution is 7.78. The Morgan fingerprint density at radius 2 is 2.22 bits per heavy atom. The molecule has 0 fully saturated rings. The fraction of sp³-hybridized carbons (Fsp3) is 0. The molecule has 0 aliphatic carbocycles. The average molecular weight is 149 g/mol. The van der Waals surface area contributed by atoms with Crippen LogP contribution in [-0.4, -0.2) is 13.0 Å². The van der Waals surface area contributed by atoms with Crippen molar-refractivity contribution in [2.24, 2.45) is 0 Å². The number of hydrogen-bond donors (Lipinski definition) is 0. The Kier molecular flexibility index (Phi) is 1.26. The van der Waals surface area contributed by atoms with E-state index < -0.39 is 10.3 Å². The largest absolute Gasteiger partial charge is 0.690 e. The van der Waals surface area contributed by atoms with Gasteiger partial charge in [-0.1, -0.05) is 0 Å². The van der Waals surface area contributed by atoms with Gasteiger partial charge in [-0.15, -0.1) is 0 Å². The molecule has 0 amide bonds. The summed E-state index contributed by atoms with van der Waals surface area (Å²) >= 11 is 0. The van der Waals surface area contributed by atoms with E-state index in [0.717, 1.165) is 12.5 Å². The maximum atomic E-state index is 10.0. The van der Waals surface area contributed by atoms with E-state index in [2.05, 4.69) is 4.52 Å². The van der Waals surface area contributed by atoms with E-state index in [1.807, 2.05) is 0 Å². The van der Waals surface area contributed by atoms with Crippen molar-refractivity contribution in [1.82, 2.24) is 0 Å². The van der Waals surface area contributed by atoms with Crippen LogP contribution in [0, 0.1) is 0 Å². The molecular formula is C3H3NO4S. The second-order valence-electron chi connectivity index (χ2n) is 1.30. The van der Waals surface area contributed by atoms with E-state index in [0.29, 0.717) is 0 Å². The molecule has 1 aromatic rings. The highest BCUT2D eigenvalue weighted by Crippen LogP contribution is 1.78. The van der Waals surface area contributed by atoms with Crippen LogP contribution >= 0.6 is 0 Å². The topological polar surface area (TPSA) is 74.2 Å². The van der Waals surface area contributed by atoms with E-state index >= 15 is 0 Å². The van der Waals surface area contributed by atoms with Gasteiger partial charge in [0.05, 0.1) is 10.2 Å². The zero-order valence-electron chi connectivity index (χ0n) is 4.22. The summed E-state index contributed by atoms with van der Waals surface area (Å²) in [5, 5.41) is 0. The summed E-state index contributed by atoms with van der Waals surface area (Å²) < 4.78 is 34.5. The van der Waals surface area contributed by atoms with Crippen LogP contribution < -0.4 is 4.15 Å². The van der Waals surface area contributed by atoms with Gasteiger partial charge in [-0.3, -0.25) is 0 Å². The van der Waals surface area contributed by atoms with E-state index in [-0.39, 0.29) is 4.15 Å². The van der Waals surface area contributed by atoms with Gasteiger partial charge < -0.3 is 4.55 Å². The van der Waals surface area contributed by atoms with Crippen LogP contribution in [0.4, 0.5) is 0 Å². The van der Waals surface area contributed by atoms with Crippen molar-refractivity contribution in [3.63, 3.8) is 0 Å². The number of rotatable bonds is 1. The summed E-state index contributed by atoms with van der Waals surface area (Å²) in [5.74, 6) is 0. The van der Waals surface area contributed by atoms with Gasteiger partial charge in [0.15, 0.2) is 6.26 Å². The normalized spacial score (nSPS) is 11.7. The lowest BCUT2D eigenvalue weighted by Crippen LogP contribution is -2.39. The van der Waals surface area contributed by atoms with Gasteiger partial charge in [0.25, 0.3) is 0 Å². The molecule has 0 saturated carbocycles. The highest BCUT2D eigenvalue weighted by Gasteiger charge is 2.09. The fourth-order valence-corrected chi connectivity index (χ4v) is 0.737. The minimum absolute atomic E-state index is 0.229. The molecule has 1 aromatic heterocycles. The minimum atomic E-state index is -4.46. The van der Waals surface area contributed by atoms with Gasteiger partial charge in [-0.05, 0) is 0 Å². The summed E-state index contributed by atoms with van der Waals surface area (Å²) in [6, 6.07) is 1.30. The zero-order valence-corrected chi connectivity index (χ0v) is 5.04. The molecule has 9 heavy (non-hydrogen) atoms. The van der Waals surface area contributed by atoms with Crippen LogP contribution in [0.5, 0.6) is 0 Å². The molecule has 0 atom stereocenters. The van der Waals surface area contributed by atoms with Crippen LogP contribution in [-0.2, 0) is 10.3 Å². The van der Waals surface area contributed by atoms with Crippen molar-refractivity contribution in [1.29, 1.82) is 0 Å². The summed E-state index contributed by atoms with van der Waals surface area (Å²) in [7, 11) is -4.46. The van der Waals surface area contributed by atoms with Crippen molar-refractivity contribution in [2.45, 2.75) is 0 Å². The summed E-state index contributed by atoms with van der Waals surface area (Å²) in [6.45, 7) is 0. The molecule has 0 spiro atoms. The molecular weight excluding hydrogens is 146 g/mol. The third-order valence-electron chi connectivity index (χ3n) is 0.671. The van der Waals surface area contributed by atoms with Crippen molar-refractivity contribution >= 4 is 10.3 Å². The number of nitrogens with zero attached hydrogens (tertiary/aromatic N) is 1. The van der Waals surface area contributed by atoms with Crippen LogP contribution in [0.3, 0.4) is 0 Å². The maximum absolute atomic E-state index is 10.0. The van der Waals surface area contributed by atoms with E-state index in [1.165, 1.54) is 6.07 Å². The molecule has 0 radical (unpaired) electrons. The maximum Gasteiger partial charge on any atom is 0.370 e. The molecule has 5 nitrogen and oxygen atoms in total. The zero-order chi connectivity index (χ0) is 6.91. The third kappa shape index (κ3) is 1.27. The van der Waals surface area contributed by atoms with E-state index in [4.69, 9.17) is 0 Å². The summed E-state index contributed by atoms with van der Waals surface area (Å²) in [4.78, 5) is 0. The van der Waals surface area contributed by atoms with Gasteiger partial charge in [0.2, 0.25) is 6.20 Å². The second kappa shape index (κ2) is 1.82. The Labute approximate surface area is 51.4 Å². The molecule has 1 rings (SSSR count). The Balaban J connectivity index is 3.20. The molecule has 50 valence electrons. The fourth-order valence-electron chi connectivity index (χ4n) is 0.363. The van der Waals surface area contributed by atoms with E-state index in [9.17, 15) is 13.0 Å². The smallest absolute Gasteiger partial charge is 0.370 e. The average Bonchev–Trinajstić information content (AvgIpc) is 2.08. The quantitative estimate of drug-likeness (QED) is 0.374. The molecule has 0 unspecified atom stereocenters. The first kappa shape index (κ1) is 6.24. The lowest BCUT2D eigenvalue weighted by atomic mass is 10.8. The standard InChI is InChI=1S/C3H3NO4S/c5-9(6,7)4-2-1-3-8-4/h1-3H. The summed E-state index contributed by atoms with van der Waals surface area (Å²) in [5.41, 5.74) is 0. The van der Waals surface area contributed by atoms with Crippen LogP contribution in [0.2, 0.25) is 0 Å². The molecule has 0 aliphatic heterocycles. The van der Waals surface area contributed by atoms with Crippen LogP contribution in [0.1, 0.15) is 0 Å². The molecule has 0 aromatic carbocycles. The van der Waals surface area contributed by atoms with Crippen LogP contribution in [0.15, 0.2) is 23.0 Å². The molecule has 6 heteroatoms. The molecule has 0 saturated heterocycles. The summed E-state index contributed by atoms with van der Waals surface area (Å²) in [6.07, 6.45) is 2.11. The Morgan fingerprint density at radius 1 is 1.56 bits per heavy atom. The van der Waals surface area contributed by atoms with Gasteiger partial charge >= 0.3 is 10.3 Å². The molecule has 1 heterocycles. The predicted molar refractivity (Wildman–Crippen MR) is 24.0 cm³/mol. The predicted octanol–water partition coefficient (Wildman–Crippen LogP) is -1.12. The van der Waals surface area contributed by atoms with E-state index in [1.54, 1.807) is 0 Å². The van der Waals surface area contributed by atoms with Gasteiger partial charge in [-0.2, -0.15) is 8.42 Å². The van der Waals surface area contributed by atoms with Crippen molar-refractivity contribution in [2.75, 3.05) is 0 Å². The Morgan fingerprint density at radius 3 is 2.44 bits per heavy atom. The minimum Gasteiger partial charge on any atom is -0.690 e. The number of hydrogen-bond acceptors (Lipinski definition) is 4. The van der Waals surface area contributed by atoms with Crippen molar-refractivity contribution < 1.29 is 21.6 Å². The van der Waals surface area contributed by atoms with Gasteiger partial charge in [0.1, 0.15) is 0 Å². The monoisotopic (exact) mass is 149 g/mol. The molecule has 0 aliphatic rings. The van der Waals surface area contributed by atoms with Crippen LogP contribution in [0.25, 0.3) is 0 Å². The Hall–Kier alpha value is -0.880. The van der Waals surface area contributed by atoms with Gasteiger partial charge in [-0.25, -0.2) is 4.52 Å². The highest BCUT2D eigenvalue weighted by atomic mass is 32.2.